The fourth-order valence-corrected chi connectivity index (χ4v) is 2.17. The normalized spacial score (nSPS) is 14.8. The maximum atomic E-state index is 6.07. The predicted molar refractivity (Wildman–Crippen MR) is 76.6 cm³/mol. The molecule has 18 heavy (non-hydrogen) atoms. The Morgan fingerprint density at radius 1 is 1.33 bits per heavy atom. The summed E-state index contributed by atoms with van der Waals surface area (Å²) in [7, 11) is 0. The van der Waals surface area contributed by atoms with Gasteiger partial charge in [-0.3, -0.25) is 0 Å². The third kappa shape index (κ3) is 4.51. The van der Waals surface area contributed by atoms with Crippen molar-refractivity contribution in [3.8, 4) is 5.75 Å². The molecule has 0 aliphatic heterocycles. The van der Waals surface area contributed by atoms with Gasteiger partial charge in [0.25, 0.3) is 0 Å². The van der Waals surface area contributed by atoms with E-state index < -0.39 is 0 Å². The van der Waals surface area contributed by atoms with Crippen LogP contribution in [-0.4, -0.2) is 19.2 Å². The molecule has 0 spiro atoms. The average Bonchev–Trinajstić information content (AvgIpc) is 3.19. The zero-order valence-electron chi connectivity index (χ0n) is 11.0. The molecule has 0 saturated heterocycles. The topological polar surface area (TPSA) is 21.3 Å². The highest BCUT2D eigenvalue weighted by Crippen LogP contribution is 2.22. The van der Waals surface area contributed by atoms with Crippen LogP contribution < -0.4 is 10.1 Å². The van der Waals surface area contributed by atoms with Crippen molar-refractivity contribution < 1.29 is 4.74 Å². The fraction of sp³-hybridized carbons (Fsp3) is 0.600. The van der Waals surface area contributed by atoms with Crippen LogP contribution >= 0.6 is 11.6 Å². The average molecular weight is 268 g/mol. The molecule has 1 aromatic rings. The lowest BCUT2D eigenvalue weighted by Gasteiger charge is -2.09. The Morgan fingerprint density at radius 3 is 2.89 bits per heavy atom. The molecule has 0 aromatic heterocycles. The van der Waals surface area contributed by atoms with E-state index in [2.05, 4.69) is 12.2 Å². The molecule has 0 radical (unpaired) electrons. The van der Waals surface area contributed by atoms with Crippen LogP contribution in [0.25, 0.3) is 0 Å². The Bertz CT molecular complexity index is 377. The van der Waals surface area contributed by atoms with E-state index in [1.807, 2.05) is 18.2 Å². The first kappa shape index (κ1) is 13.7. The third-order valence-corrected chi connectivity index (χ3v) is 3.62. The minimum absolute atomic E-state index is 0.789. The molecule has 1 saturated carbocycles. The number of nitrogens with one attached hydrogen (secondary N) is 1. The third-order valence-electron chi connectivity index (χ3n) is 3.25. The van der Waals surface area contributed by atoms with Crippen molar-refractivity contribution >= 4 is 11.6 Å². The number of ether oxygens (including phenoxy) is 1. The molecular formula is C15H22ClNO. The van der Waals surface area contributed by atoms with Crippen LogP contribution in [0.4, 0.5) is 0 Å². The highest BCUT2D eigenvalue weighted by molar-refractivity contribution is 6.31. The van der Waals surface area contributed by atoms with Crippen molar-refractivity contribution in [2.24, 2.45) is 0 Å². The van der Waals surface area contributed by atoms with Crippen LogP contribution in [0.2, 0.25) is 5.02 Å². The maximum Gasteiger partial charge on any atom is 0.119 e. The standard InChI is InChI=1S/C15H22ClNO/c1-2-12-11-14(7-8-15(12)16)18-10-4-3-9-17-13-5-6-13/h7-8,11,13,17H,2-6,9-10H2,1H3. The van der Waals surface area contributed by atoms with Gasteiger partial charge in [0.15, 0.2) is 0 Å². The van der Waals surface area contributed by atoms with Crippen LogP contribution in [0.3, 0.4) is 0 Å². The number of aryl methyl sites for hydroxylation is 1. The number of rotatable bonds is 8. The van der Waals surface area contributed by atoms with Crippen molar-refractivity contribution in [3.63, 3.8) is 0 Å². The van der Waals surface area contributed by atoms with Crippen LogP contribution in [0, 0.1) is 0 Å². The molecular weight excluding hydrogens is 246 g/mol. The number of hydrogen-bond donors (Lipinski definition) is 1. The van der Waals surface area contributed by atoms with Gasteiger partial charge in [0.2, 0.25) is 0 Å². The first-order chi connectivity index (χ1) is 8.79. The molecule has 0 amide bonds. The van der Waals surface area contributed by atoms with Gasteiger partial charge in [-0.15, -0.1) is 0 Å². The minimum Gasteiger partial charge on any atom is -0.494 e. The Labute approximate surface area is 115 Å². The lowest BCUT2D eigenvalue weighted by Crippen LogP contribution is -2.17. The molecule has 1 fully saturated rings. The molecule has 0 atom stereocenters. The van der Waals surface area contributed by atoms with Crippen LogP contribution in [0.5, 0.6) is 5.75 Å². The van der Waals surface area contributed by atoms with E-state index in [1.54, 1.807) is 0 Å². The summed E-state index contributed by atoms with van der Waals surface area (Å²) in [6.07, 6.45) is 5.96. The lowest BCUT2D eigenvalue weighted by atomic mass is 10.1. The smallest absolute Gasteiger partial charge is 0.119 e. The minimum atomic E-state index is 0.789. The van der Waals surface area contributed by atoms with Crippen molar-refractivity contribution in [2.45, 2.75) is 45.1 Å². The zero-order valence-corrected chi connectivity index (χ0v) is 11.8. The Kier molecular flexibility index (Phi) is 5.33. The molecule has 1 aromatic carbocycles. The van der Waals surface area contributed by atoms with Gasteiger partial charge in [-0.2, -0.15) is 0 Å². The monoisotopic (exact) mass is 267 g/mol. The van der Waals surface area contributed by atoms with E-state index in [0.717, 1.165) is 48.4 Å². The summed E-state index contributed by atoms with van der Waals surface area (Å²) in [5.41, 5.74) is 1.16. The molecule has 100 valence electrons. The van der Waals surface area contributed by atoms with E-state index in [9.17, 15) is 0 Å². The fourth-order valence-electron chi connectivity index (χ4n) is 1.92. The van der Waals surface area contributed by atoms with Gasteiger partial charge < -0.3 is 10.1 Å². The molecule has 0 unspecified atom stereocenters. The van der Waals surface area contributed by atoms with E-state index in [1.165, 1.54) is 19.3 Å². The first-order valence-electron chi connectivity index (χ1n) is 6.94. The van der Waals surface area contributed by atoms with Gasteiger partial charge >= 0.3 is 0 Å². The van der Waals surface area contributed by atoms with Crippen LogP contribution in [0.15, 0.2) is 18.2 Å². The zero-order chi connectivity index (χ0) is 12.8. The number of benzene rings is 1. The highest BCUT2D eigenvalue weighted by Gasteiger charge is 2.19. The summed E-state index contributed by atoms with van der Waals surface area (Å²) >= 11 is 6.07. The molecule has 2 nitrogen and oxygen atoms in total. The van der Waals surface area contributed by atoms with Gasteiger partial charge in [-0.1, -0.05) is 18.5 Å². The number of hydrogen-bond acceptors (Lipinski definition) is 2. The lowest BCUT2D eigenvalue weighted by molar-refractivity contribution is 0.305. The van der Waals surface area contributed by atoms with Gasteiger partial charge in [-0.25, -0.2) is 0 Å². The van der Waals surface area contributed by atoms with E-state index in [4.69, 9.17) is 16.3 Å². The number of halogens is 1. The molecule has 1 aliphatic rings. The van der Waals surface area contributed by atoms with Crippen LogP contribution in [-0.2, 0) is 6.42 Å². The van der Waals surface area contributed by atoms with Crippen molar-refractivity contribution in [2.75, 3.05) is 13.2 Å². The highest BCUT2D eigenvalue weighted by atomic mass is 35.5. The van der Waals surface area contributed by atoms with Gasteiger partial charge in [0.1, 0.15) is 5.75 Å². The van der Waals surface area contributed by atoms with E-state index >= 15 is 0 Å². The summed E-state index contributed by atoms with van der Waals surface area (Å²) < 4.78 is 5.74. The molecule has 3 heteroatoms. The van der Waals surface area contributed by atoms with E-state index in [-0.39, 0.29) is 0 Å². The van der Waals surface area contributed by atoms with Gasteiger partial charge in [-0.05, 0) is 62.4 Å². The Balaban J connectivity index is 1.62. The second kappa shape index (κ2) is 7.01. The number of unbranched alkanes of at least 4 members (excludes halogenated alkanes) is 1. The first-order valence-corrected chi connectivity index (χ1v) is 7.32. The van der Waals surface area contributed by atoms with Gasteiger partial charge in [0.05, 0.1) is 6.61 Å². The summed E-state index contributed by atoms with van der Waals surface area (Å²) in [4.78, 5) is 0. The Morgan fingerprint density at radius 2 is 2.17 bits per heavy atom. The SMILES string of the molecule is CCc1cc(OCCCCNC2CC2)ccc1Cl. The second-order valence-corrected chi connectivity index (χ2v) is 5.30. The van der Waals surface area contributed by atoms with Crippen molar-refractivity contribution in [3.05, 3.63) is 28.8 Å². The van der Waals surface area contributed by atoms with Gasteiger partial charge in [0, 0.05) is 11.1 Å². The van der Waals surface area contributed by atoms with Crippen LogP contribution in [0.1, 0.15) is 38.2 Å². The molecule has 0 bridgehead atoms. The van der Waals surface area contributed by atoms with E-state index in [0.29, 0.717) is 0 Å². The quantitative estimate of drug-likeness (QED) is 0.723. The molecule has 1 aliphatic carbocycles. The molecule has 2 rings (SSSR count). The summed E-state index contributed by atoms with van der Waals surface area (Å²) in [5.74, 6) is 0.936. The summed E-state index contributed by atoms with van der Waals surface area (Å²) in [6.45, 7) is 4.01. The maximum absolute atomic E-state index is 6.07. The second-order valence-electron chi connectivity index (χ2n) is 4.89. The molecule has 0 heterocycles. The predicted octanol–water partition coefficient (Wildman–Crippen LogP) is 3.81. The molecule has 1 N–H and O–H groups in total. The Hall–Kier alpha value is -0.730. The summed E-state index contributed by atoms with van der Waals surface area (Å²) in [6, 6.07) is 6.73. The largest absolute Gasteiger partial charge is 0.494 e. The van der Waals surface area contributed by atoms with Crippen molar-refractivity contribution in [1.29, 1.82) is 0 Å². The van der Waals surface area contributed by atoms with Crippen molar-refractivity contribution in [1.82, 2.24) is 5.32 Å². The summed E-state index contributed by atoms with van der Waals surface area (Å²) in [5, 5.41) is 4.34.